The maximum absolute atomic E-state index is 14.5. The van der Waals surface area contributed by atoms with E-state index >= 15 is 0 Å². The lowest BCUT2D eigenvalue weighted by atomic mass is 10.1. The van der Waals surface area contributed by atoms with Gasteiger partial charge in [0, 0.05) is 79.9 Å². The third-order valence-electron chi connectivity index (χ3n) is 7.72. The number of aromatic nitrogens is 2. The molecule has 7 nitrogen and oxygen atoms in total. The number of nitrogens with zero attached hydrogens (tertiary/aromatic N) is 5. The summed E-state index contributed by atoms with van der Waals surface area (Å²) in [6, 6.07) is 16.9. The van der Waals surface area contributed by atoms with Gasteiger partial charge >= 0.3 is 0 Å². The lowest BCUT2D eigenvalue weighted by Gasteiger charge is -2.35. The Labute approximate surface area is 240 Å². The first-order valence-corrected chi connectivity index (χ1v) is 14.4. The van der Waals surface area contributed by atoms with Gasteiger partial charge in [0.05, 0.1) is 11.3 Å². The van der Waals surface area contributed by atoms with Crippen molar-refractivity contribution in [2.75, 3.05) is 56.0 Å². The number of carbonyl (C=O) groups excluding carboxylic acids is 1. The number of piperazine rings is 1. The zero-order valence-electron chi connectivity index (χ0n) is 23.3. The predicted octanol–water partition coefficient (Wildman–Crippen LogP) is 6.03. The summed E-state index contributed by atoms with van der Waals surface area (Å²) in [6.07, 6.45) is 1.84. The summed E-state index contributed by atoms with van der Waals surface area (Å²) < 4.78 is 16.4. The lowest BCUT2D eigenvalue weighted by molar-refractivity contribution is 0.0775. The van der Waals surface area contributed by atoms with E-state index in [1.165, 1.54) is 11.8 Å². The molecule has 0 saturated carbocycles. The molecule has 0 spiro atoms. The second-order valence-corrected chi connectivity index (χ2v) is 10.4. The molecular weight excluding hydrogens is 527 g/mol. The Hall–Kier alpha value is -3.62. The summed E-state index contributed by atoms with van der Waals surface area (Å²) in [5.41, 5.74) is 4.47. The van der Waals surface area contributed by atoms with Crippen LogP contribution in [0.5, 0.6) is 0 Å². The molecule has 0 unspecified atom stereocenters. The summed E-state index contributed by atoms with van der Waals surface area (Å²) in [7, 11) is 0. The fourth-order valence-corrected chi connectivity index (χ4v) is 5.38. The quantitative estimate of drug-likeness (QED) is 0.270. The molecule has 1 fully saturated rings. The molecule has 4 aromatic rings. The average molecular weight is 563 g/mol. The third kappa shape index (κ3) is 5.78. The van der Waals surface area contributed by atoms with E-state index in [9.17, 15) is 9.18 Å². The molecule has 40 heavy (non-hydrogen) atoms. The molecule has 0 bridgehead atoms. The van der Waals surface area contributed by atoms with Gasteiger partial charge < -0.3 is 20.0 Å². The van der Waals surface area contributed by atoms with Crippen molar-refractivity contribution in [1.29, 1.82) is 0 Å². The van der Waals surface area contributed by atoms with Crippen LogP contribution >= 0.6 is 11.6 Å². The SMILES string of the molecule is CCN1CCN(c2ccc(-c3cc(NCc4ccc(Cl)cc4F)n4ccc(C(=O)N(CC)CC)c4n3)cc2)CC1. The largest absolute Gasteiger partial charge is 0.369 e. The van der Waals surface area contributed by atoms with Gasteiger partial charge in [-0.1, -0.05) is 36.7 Å². The van der Waals surface area contributed by atoms with Crippen LogP contribution in [-0.2, 0) is 6.54 Å². The molecule has 0 aliphatic carbocycles. The van der Waals surface area contributed by atoms with Crippen molar-refractivity contribution in [2.45, 2.75) is 27.3 Å². The normalized spacial score (nSPS) is 14.1. The highest BCUT2D eigenvalue weighted by Crippen LogP contribution is 2.28. The summed E-state index contributed by atoms with van der Waals surface area (Å²) in [5.74, 6) is 0.284. The van der Waals surface area contributed by atoms with Gasteiger partial charge in [-0.05, 0) is 50.7 Å². The number of amides is 1. The minimum atomic E-state index is -0.370. The fraction of sp³-hybridized carbons (Fsp3) is 0.355. The van der Waals surface area contributed by atoms with Gasteiger partial charge in [0.15, 0.2) is 5.65 Å². The molecule has 210 valence electrons. The molecule has 0 atom stereocenters. The Morgan fingerprint density at radius 1 is 1.00 bits per heavy atom. The van der Waals surface area contributed by atoms with Crippen molar-refractivity contribution in [3.63, 3.8) is 0 Å². The van der Waals surface area contributed by atoms with Crippen molar-refractivity contribution >= 4 is 34.7 Å². The summed E-state index contributed by atoms with van der Waals surface area (Å²) in [5, 5.41) is 3.72. The van der Waals surface area contributed by atoms with Crippen molar-refractivity contribution < 1.29 is 9.18 Å². The minimum absolute atomic E-state index is 0.0617. The average Bonchev–Trinajstić information content (AvgIpc) is 3.41. The van der Waals surface area contributed by atoms with E-state index in [1.54, 1.807) is 23.1 Å². The number of hydrogen-bond donors (Lipinski definition) is 1. The number of carbonyl (C=O) groups is 1. The molecule has 2 aromatic heterocycles. The number of anilines is 2. The van der Waals surface area contributed by atoms with Crippen LogP contribution in [0.15, 0.2) is 60.8 Å². The second kappa shape index (κ2) is 12.3. The first kappa shape index (κ1) is 27.9. The highest BCUT2D eigenvalue weighted by molar-refractivity contribution is 6.30. The Balaban J connectivity index is 1.49. The predicted molar refractivity (Wildman–Crippen MR) is 161 cm³/mol. The van der Waals surface area contributed by atoms with Crippen molar-refractivity contribution in [3.05, 3.63) is 82.8 Å². The first-order chi connectivity index (χ1) is 19.4. The van der Waals surface area contributed by atoms with Crippen LogP contribution in [-0.4, -0.2) is 70.9 Å². The molecule has 1 aliphatic heterocycles. The van der Waals surface area contributed by atoms with Crippen molar-refractivity contribution in [2.24, 2.45) is 0 Å². The molecule has 1 N–H and O–H groups in total. The first-order valence-electron chi connectivity index (χ1n) is 14.0. The van der Waals surface area contributed by atoms with Gasteiger partial charge in [-0.2, -0.15) is 0 Å². The highest BCUT2D eigenvalue weighted by atomic mass is 35.5. The lowest BCUT2D eigenvalue weighted by Crippen LogP contribution is -2.46. The van der Waals surface area contributed by atoms with E-state index in [2.05, 4.69) is 46.3 Å². The number of rotatable bonds is 9. The summed E-state index contributed by atoms with van der Waals surface area (Å²) in [4.78, 5) is 24.9. The fourth-order valence-electron chi connectivity index (χ4n) is 5.23. The Morgan fingerprint density at radius 3 is 2.38 bits per heavy atom. The maximum atomic E-state index is 14.5. The standard InChI is InChI=1S/C31H36ClFN6O/c1-4-36-15-17-38(18-16-36)25-11-8-22(9-12-25)28-20-29(34-21-23-7-10-24(32)19-27(23)33)39-14-13-26(30(39)35-28)31(40)37(5-2)6-3/h7-14,19-20,34H,4-6,15-18,21H2,1-3H3. The number of nitrogens with one attached hydrogen (secondary N) is 1. The minimum Gasteiger partial charge on any atom is -0.369 e. The van der Waals surface area contributed by atoms with Gasteiger partial charge in [0.1, 0.15) is 11.6 Å². The van der Waals surface area contributed by atoms with Crippen LogP contribution in [0.4, 0.5) is 15.9 Å². The highest BCUT2D eigenvalue weighted by Gasteiger charge is 2.21. The smallest absolute Gasteiger partial charge is 0.257 e. The van der Waals surface area contributed by atoms with E-state index < -0.39 is 0 Å². The molecule has 9 heteroatoms. The van der Waals surface area contributed by atoms with Crippen molar-refractivity contribution in [1.82, 2.24) is 19.2 Å². The van der Waals surface area contributed by atoms with E-state index in [0.29, 0.717) is 40.7 Å². The van der Waals surface area contributed by atoms with E-state index in [-0.39, 0.29) is 18.3 Å². The van der Waals surface area contributed by atoms with Gasteiger partial charge in [0.25, 0.3) is 5.91 Å². The Morgan fingerprint density at radius 2 is 1.73 bits per heavy atom. The number of benzene rings is 2. The molecule has 1 amide bonds. The molecule has 1 saturated heterocycles. The van der Waals surface area contributed by atoms with Gasteiger partial charge in [-0.3, -0.25) is 9.20 Å². The molecule has 3 heterocycles. The van der Waals surface area contributed by atoms with E-state index in [0.717, 1.165) is 44.0 Å². The summed E-state index contributed by atoms with van der Waals surface area (Å²) in [6.45, 7) is 12.8. The van der Waals surface area contributed by atoms with Gasteiger partial charge in [0.2, 0.25) is 0 Å². The zero-order chi connectivity index (χ0) is 28.2. The van der Waals surface area contributed by atoms with Crippen LogP contribution in [0.3, 0.4) is 0 Å². The van der Waals surface area contributed by atoms with Crippen LogP contribution in [0.1, 0.15) is 36.7 Å². The number of fused-ring (bicyclic) bond motifs is 1. The number of halogens is 2. The molecule has 5 rings (SSSR count). The number of hydrogen-bond acceptors (Lipinski definition) is 5. The molecular formula is C31H36ClFN6O. The van der Waals surface area contributed by atoms with Gasteiger partial charge in [-0.15, -0.1) is 0 Å². The number of likely N-dealkylation sites (N-methyl/N-ethyl adjacent to an activating group) is 1. The zero-order valence-corrected chi connectivity index (χ0v) is 24.1. The third-order valence-corrected chi connectivity index (χ3v) is 7.96. The van der Waals surface area contributed by atoms with Crippen LogP contribution in [0, 0.1) is 5.82 Å². The molecule has 2 aromatic carbocycles. The second-order valence-electron chi connectivity index (χ2n) is 9.98. The maximum Gasteiger partial charge on any atom is 0.257 e. The monoisotopic (exact) mass is 562 g/mol. The van der Waals surface area contributed by atoms with Gasteiger partial charge in [-0.25, -0.2) is 9.37 Å². The summed E-state index contributed by atoms with van der Waals surface area (Å²) >= 11 is 5.94. The van der Waals surface area contributed by atoms with Crippen LogP contribution < -0.4 is 10.2 Å². The van der Waals surface area contributed by atoms with Crippen LogP contribution in [0.2, 0.25) is 5.02 Å². The van der Waals surface area contributed by atoms with Crippen molar-refractivity contribution in [3.8, 4) is 11.3 Å². The van der Waals surface area contributed by atoms with E-state index in [1.807, 2.05) is 30.5 Å². The Kier molecular flexibility index (Phi) is 8.57. The van der Waals surface area contributed by atoms with E-state index in [4.69, 9.17) is 16.6 Å². The van der Waals surface area contributed by atoms with Crippen LogP contribution in [0.25, 0.3) is 16.9 Å². The Bertz CT molecular complexity index is 1480. The molecule has 0 radical (unpaired) electrons. The topological polar surface area (TPSA) is 56.1 Å². The molecule has 1 aliphatic rings.